The summed E-state index contributed by atoms with van der Waals surface area (Å²) in [6.45, 7) is 4.12. The van der Waals surface area contributed by atoms with Crippen LogP contribution in [0.2, 0.25) is 0 Å². The van der Waals surface area contributed by atoms with Crippen LogP contribution in [0, 0.1) is 5.41 Å². The van der Waals surface area contributed by atoms with Crippen molar-refractivity contribution >= 4 is 38.7 Å². The van der Waals surface area contributed by atoms with Crippen LogP contribution < -0.4 is 24.6 Å². The van der Waals surface area contributed by atoms with Gasteiger partial charge in [0.1, 0.15) is 11.4 Å². The third-order valence-corrected chi connectivity index (χ3v) is 10.1. The zero-order valence-corrected chi connectivity index (χ0v) is 23.7. The summed E-state index contributed by atoms with van der Waals surface area (Å²) < 4.78 is 47.7. The molecule has 0 bridgehead atoms. The molecule has 1 atom stereocenters. The molecule has 3 fully saturated rings. The molecule has 1 unspecified atom stereocenters. The van der Waals surface area contributed by atoms with Crippen LogP contribution in [0.3, 0.4) is 0 Å². The summed E-state index contributed by atoms with van der Waals surface area (Å²) in [4.78, 5) is 17.8. The normalized spacial score (nSPS) is 23.2. The maximum Gasteiger partial charge on any atom is 0.255 e. The number of piperidine rings is 1. The van der Waals surface area contributed by atoms with Crippen LogP contribution in [0.5, 0.6) is 5.75 Å². The number of fused-ring (bicyclic) bond motifs is 1. The summed E-state index contributed by atoms with van der Waals surface area (Å²) >= 11 is 0. The average Bonchev–Trinajstić information content (AvgIpc) is 3.30. The maximum absolute atomic E-state index is 14.7. The van der Waals surface area contributed by atoms with Crippen molar-refractivity contribution in [2.45, 2.75) is 51.1 Å². The smallest absolute Gasteiger partial charge is 0.255 e. The number of carbonyl (C=O) groups excluding carboxylic acids is 1. The first-order valence-electron chi connectivity index (χ1n) is 14.1. The van der Waals surface area contributed by atoms with Crippen molar-refractivity contribution in [2.75, 3.05) is 65.0 Å². The average molecular weight is 573 g/mol. The van der Waals surface area contributed by atoms with Crippen molar-refractivity contribution in [1.29, 1.82) is 0 Å². The number of rotatable bonds is 8. The van der Waals surface area contributed by atoms with Gasteiger partial charge >= 0.3 is 0 Å². The number of nitrogens with zero attached hydrogens (tertiary/aromatic N) is 2. The van der Waals surface area contributed by atoms with Gasteiger partial charge in [-0.2, -0.15) is 0 Å². The van der Waals surface area contributed by atoms with Gasteiger partial charge in [-0.1, -0.05) is 0 Å². The molecule has 3 N–H and O–H groups in total. The molecular weight excluding hydrogens is 535 g/mol. The predicted molar refractivity (Wildman–Crippen MR) is 154 cm³/mol. The zero-order chi connectivity index (χ0) is 28.1. The highest BCUT2D eigenvalue weighted by Gasteiger charge is 2.44. The van der Waals surface area contributed by atoms with Crippen LogP contribution in [0.4, 0.5) is 27.1 Å². The second kappa shape index (κ2) is 10.1. The number of halogens is 1. The van der Waals surface area contributed by atoms with Crippen molar-refractivity contribution in [2.24, 2.45) is 5.41 Å². The van der Waals surface area contributed by atoms with Gasteiger partial charge in [-0.25, -0.2) is 12.8 Å². The largest absolute Gasteiger partial charge is 0.491 e. The van der Waals surface area contributed by atoms with E-state index in [1.807, 2.05) is 11.0 Å². The van der Waals surface area contributed by atoms with Crippen molar-refractivity contribution in [3.8, 4) is 5.75 Å². The van der Waals surface area contributed by atoms with Gasteiger partial charge in [0.05, 0.1) is 48.3 Å². The summed E-state index contributed by atoms with van der Waals surface area (Å²) in [6, 6.07) is 8.73. The minimum atomic E-state index is -3.70. The first kappa shape index (κ1) is 27.1. The number of hydrogen-bond donors (Lipinski definition) is 3. The second-order valence-electron chi connectivity index (χ2n) is 12.0. The Kier molecular flexibility index (Phi) is 6.85. The lowest BCUT2D eigenvalue weighted by atomic mass is 9.93. The van der Waals surface area contributed by atoms with Gasteiger partial charge in [-0.05, 0) is 68.4 Å². The molecule has 40 heavy (non-hydrogen) atoms. The topological polar surface area (TPSA) is 111 Å². The highest BCUT2D eigenvalue weighted by molar-refractivity contribution is 7.92. The first-order valence-corrected chi connectivity index (χ1v) is 15.8. The van der Waals surface area contributed by atoms with Crippen LogP contribution >= 0.6 is 0 Å². The lowest BCUT2D eigenvalue weighted by molar-refractivity contribution is 0.102. The van der Waals surface area contributed by atoms with Crippen LogP contribution in [-0.2, 0) is 16.4 Å². The number of amides is 1. The number of nitrogens with one attached hydrogen (secondary N) is 2. The highest BCUT2D eigenvalue weighted by Crippen LogP contribution is 2.54. The SMILES string of the molecule is CC1(F)CCN(c2cc(C(=O)Nc3ccc(NS(=O)(=O)CCO)cc3N3CCC4(CC3)CC4)cc3c2OCC3)C1. The molecule has 2 aromatic rings. The molecule has 1 saturated carbocycles. The molecule has 4 aliphatic rings. The molecule has 3 aliphatic heterocycles. The summed E-state index contributed by atoms with van der Waals surface area (Å²) in [5.74, 6) is 0.0520. The van der Waals surface area contributed by atoms with Crippen LogP contribution in [0.15, 0.2) is 30.3 Å². The number of sulfonamides is 1. The van der Waals surface area contributed by atoms with Crippen molar-refractivity contribution in [3.63, 3.8) is 0 Å². The standard InChI is InChI=1S/C29H37FN4O5S/c1-28(30)7-10-34(19-28)25-17-21(16-20-4-14-39-26(20)25)27(36)31-23-3-2-22(32-40(37,38)15-13-35)18-24(23)33-11-8-29(5-6-29)9-12-33/h2-3,16-18,32,35H,4-15,19H2,1H3,(H,31,36). The third-order valence-electron chi connectivity index (χ3n) is 8.79. The molecule has 2 saturated heterocycles. The molecule has 0 aromatic heterocycles. The van der Waals surface area contributed by atoms with Crippen molar-refractivity contribution < 1.29 is 27.4 Å². The summed E-state index contributed by atoms with van der Waals surface area (Å²) in [5, 5.41) is 12.2. The lowest BCUT2D eigenvalue weighted by Crippen LogP contribution is -2.35. The van der Waals surface area contributed by atoms with Crippen molar-refractivity contribution in [1.82, 2.24) is 0 Å². The van der Waals surface area contributed by atoms with Crippen LogP contribution in [-0.4, -0.2) is 70.2 Å². The minimum Gasteiger partial charge on any atom is -0.491 e. The van der Waals surface area contributed by atoms with E-state index in [1.54, 1.807) is 31.2 Å². The van der Waals surface area contributed by atoms with E-state index in [0.29, 0.717) is 48.3 Å². The van der Waals surface area contributed by atoms with E-state index in [-0.39, 0.29) is 12.5 Å². The van der Waals surface area contributed by atoms with E-state index in [0.717, 1.165) is 48.6 Å². The van der Waals surface area contributed by atoms with E-state index in [1.165, 1.54) is 12.8 Å². The number of hydrogen-bond acceptors (Lipinski definition) is 7. The van der Waals surface area contributed by atoms with E-state index in [9.17, 15) is 17.6 Å². The monoisotopic (exact) mass is 572 g/mol. The van der Waals surface area contributed by atoms with E-state index < -0.39 is 28.1 Å². The molecule has 1 spiro atoms. The molecular formula is C29H37FN4O5S. The van der Waals surface area contributed by atoms with Gasteiger partial charge in [-0.15, -0.1) is 0 Å². The van der Waals surface area contributed by atoms with Crippen LogP contribution in [0.25, 0.3) is 0 Å². The molecule has 11 heteroatoms. The fourth-order valence-corrected chi connectivity index (χ4v) is 7.02. The number of alkyl halides is 1. The molecule has 2 aromatic carbocycles. The van der Waals surface area contributed by atoms with Gasteiger partial charge in [0.15, 0.2) is 0 Å². The Morgan fingerprint density at radius 1 is 1.05 bits per heavy atom. The van der Waals surface area contributed by atoms with Gasteiger partial charge in [0.25, 0.3) is 5.91 Å². The van der Waals surface area contributed by atoms with E-state index >= 15 is 0 Å². The number of aliphatic hydroxyl groups excluding tert-OH is 1. The van der Waals surface area contributed by atoms with Gasteiger partial charge < -0.3 is 25.0 Å². The lowest BCUT2D eigenvalue weighted by Gasteiger charge is -2.35. The molecule has 1 amide bonds. The summed E-state index contributed by atoms with van der Waals surface area (Å²) in [5.41, 5.74) is 3.06. The Balaban J connectivity index is 1.29. The number of carbonyl (C=O) groups is 1. The second-order valence-corrected chi connectivity index (χ2v) is 13.8. The maximum atomic E-state index is 14.7. The first-order chi connectivity index (χ1) is 19.1. The van der Waals surface area contributed by atoms with Gasteiger partial charge in [0.2, 0.25) is 10.0 Å². The summed E-state index contributed by atoms with van der Waals surface area (Å²) in [7, 11) is -3.70. The Bertz CT molecular complexity index is 1420. The molecule has 9 nitrogen and oxygen atoms in total. The molecule has 6 rings (SSSR count). The Hall–Kier alpha value is -3.05. The number of ether oxygens (including phenoxy) is 1. The molecule has 1 aliphatic carbocycles. The van der Waals surface area contributed by atoms with Gasteiger partial charge in [-0.3, -0.25) is 9.52 Å². The number of benzene rings is 2. The number of anilines is 4. The Morgan fingerprint density at radius 2 is 1.80 bits per heavy atom. The Labute approximate surface area is 234 Å². The van der Waals surface area contributed by atoms with Crippen LogP contribution in [0.1, 0.15) is 54.9 Å². The summed E-state index contributed by atoms with van der Waals surface area (Å²) in [6.07, 6.45) is 5.76. The minimum absolute atomic E-state index is 0.252. The van der Waals surface area contributed by atoms with E-state index in [4.69, 9.17) is 9.84 Å². The number of aliphatic hydroxyl groups is 1. The molecule has 216 valence electrons. The Morgan fingerprint density at radius 3 is 2.48 bits per heavy atom. The van der Waals surface area contributed by atoms with Gasteiger partial charge in [0, 0.05) is 43.6 Å². The zero-order valence-electron chi connectivity index (χ0n) is 22.8. The highest BCUT2D eigenvalue weighted by atomic mass is 32.2. The predicted octanol–water partition coefficient (Wildman–Crippen LogP) is 3.93. The van der Waals surface area contributed by atoms with E-state index in [2.05, 4.69) is 14.9 Å². The third kappa shape index (κ3) is 5.58. The quantitative estimate of drug-likeness (QED) is 0.440. The fraction of sp³-hybridized carbons (Fsp3) is 0.552. The van der Waals surface area contributed by atoms with Crippen molar-refractivity contribution in [3.05, 3.63) is 41.5 Å². The molecule has 0 radical (unpaired) electrons. The molecule has 3 heterocycles. The fourth-order valence-electron chi connectivity index (χ4n) is 6.19.